The van der Waals surface area contributed by atoms with E-state index in [4.69, 9.17) is 15.3 Å². The molecule has 0 heterocycles. The summed E-state index contributed by atoms with van der Waals surface area (Å²) in [6.45, 7) is 0.915. The van der Waals surface area contributed by atoms with Crippen LogP contribution in [0.5, 0.6) is 0 Å². The van der Waals surface area contributed by atoms with Gasteiger partial charge in [-0.25, -0.2) is 4.79 Å². The fourth-order valence-electron chi connectivity index (χ4n) is 0.370. The SMILES string of the molecule is CCC(O)OC(=O)C(O)CO. The normalized spacial score (nSPS) is 15.6. The van der Waals surface area contributed by atoms with Crippen molar-refractivity contribution in [3.63, 3.8) is 0 Å². The van der Waals surface area contributed by atoms with E-state index in [1.165, 1.54) is 0 Å². The molecule has 5 heteroatoms. The van der Waals surface area contributed by atoms with Gasteiger partial charge in [0.2, 0.25) is 0 Å². The number of esters is 1. The monoisotopic (exact) mass is 164 g/mol. The summed E-state index contributed by atoms with van der Waals surface area (Å²) in [5, 5.41) is 25.6. The van der Waals surface area contributed by atoms with Crippen LogP contribution in [0, 0.1) is 0 Å². The smallest absolute Gasteiger partial charge is 0.339 e. The number of carbonyl (C=O) groups excluding carboxylic acids is 1. The zero-order chi connectivity index (χ0) is 8.85. The van der Waals surface area contributed by atoms with E-state index in [-0.39, 0.29) is 6.42 Å². The summed E-state index contributed by atoms with van der Waals surface area (Å²) >= 11 is 0. The Bertz CT molecular complexity index is 124. The van der Waals surface area contributed by atoms with E-state index in [2.05, 4.69) is 4.74 Å². The van der Waals surface area contributed by atoms with Gasteiger partial charge in [-0.2, -0.15) is 0 Å². The molecule has 5 nitrogen and oxygen atoms in total. The quantitative estimate of drug-likeness (QED) is 0.352. The first kappa shape index (κ1) is 10.3. The Hall–Kier alpha value is -0.650. The van der Waals surface area contributed by atoms with Gasteiger partial charge >= 0.3 is 5.97 Å². The maximum absolute atomic E-state index is 10.6. The molecule has 0 rings (SSSR count). The number of ether oxygens (including phenoxy) is 1. The highest BCUT2D eigenvalue weighted by atomic mass is 16.6. The largest absolute Gasteiger partial charge is 0.434 e. The van der Waals surface area contributed by atoms with E-state index < -0.39 is 25.0 Å². The first-order chi connectivity index (χ1) is 5.11. The molecule has 0 saturated carbocycles. The topological polar surface area (TPSA) is 87.0 Å². The number of aliphatic hydroxyl groups excluding tert-OH is 3. The molecule has 0 aliphatic heterocycles. The molecule has 2 unspecified atom stereocenters. The number of hydrogen-bond donors (Lipinski definition) is 3. The Morgan fingerprint density at radius 1 is 1.55 bits per heavy atom. The second-order valence-corrected chi connectivity index (χ2v) is 2.00. The molecular weight excluding hydrogens is 152 g/mol. The molecule has 0 aromatic heterocycles. The van der Waals surface area contributed by atoms with Crippen LogP contribution in [-0.2, 0) is 9.53 Å². The van der Waals surface area contributed by atoms with Crippen molar-refractivity contribution in [2.45, 2.75) is 25.7 Å². The zero-order valence-electron chi connectivity index (χ0n) is 6.23. The van der Waals surface area contributed by atoms with Crippen LogP contribution in [0.4, 0.5) is 0 Å². The van der Waals surface area contributed by atoms with Crippen LogP contribution in [0.25, 0.3) is 0 Å². The molecule has 0 fully saturated rings. The van der Waals surface area contributed by atoms with Crippen molar-refractivity contribution in [2.75, 3.05) is 6.61 Å². The lowest BCUT2D eigenvalue weighted by Crippen LogP contribution is -2.30. The zero-order valence-corrected chi connectivity index (χ0v) is 6.23. The number of hydrogen-bond acceptors (Lipinski definition) is 5. The van der Waals surface area contributed by atoms with Crippen LogP contribution in [0.3, 0.4) is 0 Å². The highest BCUT2D eigenvalue weighted by molar-refractivity contribution is 5.74. The van der Waals surface area contributed by atoms with Gasteiger partial charge in [-0.3, -0.25) is 0 Å². The van der Waals surface area contributed by atoms with Crippen molar-refractivity contribution in [3.05, 3.63) is 0 Å². The standard InChI is InChI=1S/C6H12O5/c1-2-5(9)11-6(10)4(8)3-7/h4-5,7-9H,2-3H2,1H3. The van der Waals surface area contributed by atoms with Crippen molar-refractivity contribution < 1.29 is 24.9 Å². The first-order valence-electron chi connectivity index (χ1n) is 3.29. The average molecular weight is 164 g/mol. The molecule has 0 aliphatic carbocycles. The highest BCUT2D eigenvalue weighted by Gasteiger charge is 2.17. The fraction of sp³-hybridized carbons (Fsp3) is 0.833. The number of rotatable bonds is 4. The van der Waals surface area contributed by atoms with Crippen LogP contribution in [0.2, 0.25) is 0 Å². The third kappa shape index (κ3) is 3.92. The van der Waals surface area contributed by atoms with E-state index in [9.17, 15) is 4.79 Å². The fourth-order valence-corrected chi connectivity index (χ4v) is 0.370. The Labute approximate surface area is 64.2 Å². The lowest BCUT2D eigenvalue weighted by molar-refractivity contribution is -0.179. The molecule has 0 amide bonds. The predicted octanol–water partition coefficient (Wildman–Crippen LogP) is -1.39. The lowest BCUT2D eigenvalue weighted by atomic mass is 10.4. The summed E-state index contributed by atoms with van der Waals surface area (Å²) < 4.78 is 4.26. The average Bonchev–Trinajstić information content (AvgIpc) is 2.02. The summed E-state index contributed by atoms with van der Waals surface area (Å²) in [5.41, 5.74) is 0. The molecule has 2 atom stereocenters. The van der Waals surface area contributed by atoms with Crippen LogP contribution >= 0.6 is 0 Å². The Morgan fingerprint density at radius 3 is 2.45 bits per heavy atom. The Morgan fingerprint density at radius 2 is 2.09 bits per heavy atom. The molecule has 11 heavy (non-hydrogen) atoms. The van der Waals surface area contributed by atoms with Crippen molar-refractivity contribution >= 4 is 5.97 Å². The summed E-state index contributed by atoms with van der Waals surface area (Å²) in [7, 11) is 0. The lowest BCUT2D eigenvalue weighted by Gasteiger charge is -2.11. The molecule has 0 radical (unpaired) electrons. The molecule has 3 N–H and O–H groups in total. The minimum atomic E-state index is -1.56. The van der Waals surface area contributed by atoms with E-state index >= 15 is 0 Å². The van der Waals surface area contributed by atoms with E-state index in [1.54, 1.807) is 6.92 Å². The molecule has 66 valence electrons. The summed E-state index contributed by atoms with van der Waals surface area (Å²) in [5.74, 6) is -1.01. The molecule has 0 aliphatic rings. The van der Waals surface area contributed by atoms with Gasteiger partial charge in [0, 0.05) is 6.42 Å². The second kappa shape index (κ2) is 5.06. The van der Waals surface area contributed by atoms with E-state index in [0.717, 1.165) is 0 Å². The molecule has 0 bridgehead atoms. The highest BCUT2D eigenvalue weighted by Crippen LogP contribution is 1.95. The van der Waals surface area contributed by atoms with Gasteiger partial charge in [0.15, 0.2) is 12.4 Å². The van der Waals surface area contributed by atoms with Gasteiger partial charge in [0.1, 0.15) is 0 Å². The molecule has 0 aromatic carbocycles. The van der Waals surface area contributed by atoms with Crippen LogP contribution in [-0.4, -0.2) is 40.3 Å². The van der Waals surface area contributed by atoms with Gasteiger partial charge < -0.3 is 20.1 Å². The molecular formula is C6H12O5. The van der Waals surface area contributed by atoms with Gasteiger partial charge in [-0.15, -0.1) is 0 Å². The van der Waals surface area contributed by atoms with E-state index in [0.29, 0.717) is 0 Å². The van der Waals surface area contributed by atoms with Gasteiger partial charge in [-0.1, -0.05) is 6.92 Å². The van der Waals surface area contributed by atoms with Crippen LogP contribution in [0.15, 0.2) is 0 Å². The third-order valence-corrected chi connectivity index (χ3v) is 1.05. The van der Waals surface area contributed by atoms with E-state index in [1.807, 2.05) is 0 Å². The first-order valence-corrected chi connectivity index (χ1v) is 3.29. The molecule has 0 aromatic rings. The van der Waals surface area contributed by atoms with Crippen molar-refractivity contribution in [1.82, 2.24) is 0 Å². The maximum atomic E-state index is 10.6. The van der Waals surface area contributed by atoms with Gasteiger partial charge in [0.05, 0.1) is 6.61 Å². The van der Waals surface area contributed by atoms with Crippen molar-refractivity contribution in [2.24, 2.45) is 0 Å². The predicted molar refractivity (Wildman–Crippen MR) is 35.5 cm³/mol. The third-order valence-electron chi connectivity index (χ3n) is 1.05. The summed E-state index contributed by atoms with van der Waals surface area (Å²) in [4.78, 5) is 10.6. The number of aliphatic hydroxyl groups is 3. The minimum absolute atomic E-state index is 0.254. The van der Waals surface area contributed by atoms with Crippen molar-refractivity contribution in [3.8, 4) is 0 Å². The second-order valence-electron chi connectivity index (χ2n) is 2.00. The Kier molecular flexibility index (Phi) is 4.76. The molecule has 0 saturated heterocycles. The Balaban J connectivity index is 3.68. The van der Waals surface area contributed by atoms with Crippen molar-refractivity contribution in [1.29, 1.82) is 0 Å². The van der Waals surface area contributed by atoms with Crippen LogP contribution < -0.4 is 0 Å². The number of carbonyl (C=O) groups is 1. The summed E-state index contributed by atoms with van der Waals surface area (Å²) in [6.07, 6.45) is -2.51. The summed E-state index contributed by atoms with van der Waals surface area (Å²) in [6, 6.07) is 0. The van der Waals surface area contributed by atoms with Crippen LogP contribution in [0.1, 0.15) is 13.3 Å². The van der Waals surface area contributed by atoms with Gasteiger partial charge in [-0.05, 0) is 0 Å². The van der Waals surface area contributed by atoms with Gasteiger partial charge in [0.25, 0.3) is 0 Å². The maximum Gasteiger partial charge on any atom is 0.339 e. The molecule has 0 spiro atoms. The minimum Gasteiger partial charge on any atom is -0.434 e.